The molecule has 3 N–H and O–H groups in total. The molecule has 0 heterocycles. The average Bonchev–Trinajstić information content (AvgIpc) is 2.68. The van der Waals surface area contributed by atoms with Gasteiger partial charge in [0.2, 0.25) is 5.91 Å². The van der Waals surface area contributed by atoms with E-state index in [9.17, 15) is 4.79 Å². The van der Waals surface area contributed by atoms with Crippen molar-refractivity contribution in [1.29, 1.82) is 0 Å². The highest BCUT2D eigenvalue weighted by Gasteiger charge is 2.06. The van der Waals surface area contributed by atoms with Gasteiger partial charge in [0, 0.05) is 10.6 Å². The largest absolute Gasteiger partial charge is 0.331 e. The second-order valence-electron chi connectivity index (χ2n) is 6.17. The maximum absolute atomic E-state index is 12.1. The van der Waals surface area contributed by atoms with E-state index < -0.39 is 0 Å². The lowest BCUT2D eigenvalue weighted by atomic mass is 10.1. The molecular weight excluding hydrogens is 374 g/mol. The molecule has 6 heteroatoms. The van der Waals surface area contributed by atoms with Crippen LogP contribution in [0.3, 0.4) is 0 Å². The third kappa shape index (κ3) is 5.21. The fourth-order valence-corrected chi connectivity index (χ4v) is 3.51. The number of benzene rings is 3. The molecule has 0 aromatic heterocycles. The molecule has 0 atom stereocenters. The van der Waals surface area contributed by atoms with E-state index in [1.807, 2.05) is 50.2 Å². The van der Waals surface area contributed by atoms with E-state index in [4.69, 9.17) is 12.2 Å². The first kappa shape index (κ1) is 19.2. The van der Waals surface area contributed by atoms with Crippen LogP contribution in [0.1, 0.15) is 11.1 Å². The van der Waals surface area contributed by atoms with Gasteiger partial charge >= 0.3 is 0 Å². The molecule has 0 saturated carbocycles. The zero-order valence-electron chi connectivity index (χ0n) is 15.2. The van der Waals surface area contributed by atoms with Crippen LogP contribution in [0, 0.1) is 13.8 Å². The van der Waals surface area contributed by atoms with Gasteiger partial charge in [-0.05, 0) is 66.2 Å². The van der Waals surface area contributed by atoms with E-state index in [0.29, 0.717) is 10.9 Å². The highest BCUT2D eigenvalue weighted by molar-refractivity contribution is 8.00. The Morgan fingerprint density at radius 2 is 1.74 bits per heavy atom. The first-order valence-electron chi connectivity index (χ1n) is 8.56. The summed E-state index contributed by atoms with van der Waals surface area (Å²) in [4.78, 5) is 13.1. The number of nitrogens with one attached hydrogen (secondary N) is 3. The van der Waals surface area contributed by atoms with Crippen molar-refractivity contribution in [3.8, 4) is 0 Å². The number of amides is 1. The van der Waals surface area contributed by atoms with Crippen molar-refractivity contribution in [3.05, 3.63) is 71.8 Å². The molecule has 0 unspecified atom stereocenters. The van der Waals surface area contributed by atoms with Crippen molar-refractivity contribution in [3.63, 3.8) is 0 Å². The molecule has 0 bridgehead atoms. The number of hydrazine groups is 1. The number of aryl methyl sites for hydroxylation is 1. The Balaban J connectivity index is 1.47. The minimum absolute atomic E-state index is 0.140. The van der Waals surface area contributed by atoms with E-state index in [1.165, 1.54) is 28.1 Å². The minimum Gasteiger partial charge on any atom is -0.331 e. The monoisotopic (exact) mass is 395 g/mol. The molecule has 3 aromatic rings. The predicted octanol–water partition coefficient (Wildman–Crippen LogP) is 4.57. The van der Waals surface area contributed by atoms with Crippen LogP contribution < -0.4 is 16.2 Å². The van der Waals surface area contributed by atoms with Gasteiger partial charge in [-0.15, -0.1) is 11.8 Å². The average molecular weight is 396 g/mol. The second-order valence-corrected chi connectivity index (χ2v) is 7.63. The van der Waals surface area contributed by atoms with Gasteiger partial charge in [0.15, 0.2) is 5.11 Å². The molecule has 138 valence electrons. The zero-order valence-corrected chi connectivity index (χ0v) is 16.8. The molecule has 0 aliphatic carbocycles. The van der Waals surface area contributed by atoms with Gasteiger partial charge in [-0.3, -0.25) is 15.6 Å². The van der Waals surface area contributed by atoms with Crippen LogP contribution in [0.15, 0.2) is 65.6 Å². The molecule has 3 aromatic carbocycles. The lowest BCUT2D eigenvalue weighted by Crippen LogP contribution is -2.44. The lowest BCUT2D eigenvalue weighted by molar-refractivity contribution is -0.119. The van der Waals surface area contributed by atoms with Gasteiger partial charge in [0.1, 0.15) is 0 Å². The fourth-order valence-electron chi connectivity index (χ4n) is 2.61. The molecule has 4 nitrogen and oxygen atoms in total. The van der Waals surface area contributed by atoms with Gasteiger partial charge in [0.25, 0.3) is 0 Å². The Morgan fingerprint density at radius 1 is 0.963 bits per heavy atom. The van der Waals surface area contributed by atoms with E-state index in [2.05, 4.69) is 40.4 Å². The van der Waals surface area contributed by atoms with E-state index in [0.717, 1.165) is 16.1 Å². The molecule has 0 saturated heterocycles. The van der Waals surface area contributed by atoms with Crippen molar-refractivity contribution in [2.24, 2.45) is 0 Å². The molecule has 0 fully saturated rings. The summed E-state index contributed by atoms with van der Waals surface area (Å²) >= 11 is 6.73. The maximum Gasteiger partial charge on any atom is 0.248 e. The Labute approximate surface area is 168 Å². The summed E-state index contributed by atoms with van der Waals surface area (Å²) in [5, 5.41) is 5.81. The normalized spacial score (nSPS) is 10.4. The molecule has 0 spiro atoms. The fraction of sp³-hybridized carbons (Fsp3) is 0.143. The molecule has 0 aliphatic rings. The summed E-state index contributed by atoms with van der Waals surface area (Å²) < 4.78 is 0. The van der Waals surface area contributed by atoms with Gasteiger partial charge < -0.3 is 5.32 Å². The smallest absolute Gasteiger partial charge is 0.248 e. The van der Waals surface area contributed by atoms with E-state index >= 15 is 0 Å². The van der Waals surface area contributed by atoms with Gasteiger partial charge in [0.05, 0.1) is 5.75 Å². The first-order chi connectivity index (χ1) is 13.0. The number of carbonyl (C=O) groups excluding carboxylic acids is 1. The molecule has 0 aliphatic heterocycles. The quantitative estimate of drug-likeness (QED) is 0.343. The second kappa shape index (κ2) is 8.88. The first-order valence-corrected chi connectivity index (χ1v) is 9.96. The van der Waals surface area contributed by atoms with Crippen LogP contribution >= 0.6 is 24.0 Å². The van der Waals surface area contributed by atoms with E-state index in [1.54, 1.807) is 0 Å². The number of anilines is 1. The topological polar surface area (TPSA) is 53.2 Å². The Morgan fingerprint density at radius 3 is 2.56 bits per heavy atom. The molecule has 27 heavy (non-hydrogen) atoms. The number of fused-ring (bicyclic) bond motifs is 1. The lowest BCUT2D eigenvalue weighted by Gasteiger charge is -2.14. The number of thiocarbonyl (C=S) groups is 1. The van der Waals surface area contributed by atoms with Crippen molar-refractivity contribution >= 4 is 51.5 Å². The number of hydrogen-bond acceptors (Lipinski definition) is 3. The summed E-state index contributed by atoms with van der Waals surface area (Å²) in [7, 11) is 0. The molecule has 1 amide bonds. The number of thioether (sulfide) groups is 1. The van der Waals surface area contributed by atoms with E-state index in [-0.39, 0.29) is 5.91 Å². The number of rotatable bonds is 4. The highest BCUT2D eigenvalue weighted by atomic mass is 32.2. The third-order valence-electron chi connectivity index (χ3n) is 4.26. The van der Waals surface area contributed by atoms with Crippen molar-refractivity contribution in [1.82, 2.24) is 10.9 Å². The van der Waals surface area contributed by atoms with Crippen molar-refractivity contribution in [2.45, 2.75) is 18.7 Å². The predicted molar refractivity (Wildman–Crippen MR) is 118 cm³/mol. The van der Waals surface area contributed by atoms with Crippen LogP contribution in [0.5, 0.6) is 0 Å². The summed E-state index contributed by atoms with van der Waals surface area (Å²) in [6.07, 6.45) is 0. The summed E-state index contributed by atoms with van der Waals surface area (Å²) in [6, 6.07) is 20.3. The molecular formula is C21H21N3OS2. The summed E-state index contributed by atoms with van der Waals surface area (Å²) in [6.45, 7) is 4.07. The Hall–Kier alpha value is -2.57. The number of hydrogen-bond donors (Lipinski definition) is 3. The van der Waals surface area contributed by atoms with Crippen LogP contribution in [0.4, 0.5) is 5.69 Å². The van der Waals surface area contributed by atoms with Crippen LogP contribution in [0.2, 0.25) is 0 Å². The van der Waals surface area contributed by atoms with Crippen LogP contribution in [0.25, 0.3) is 10.8 Å². The Bertz CT molecular complexity index is 988. The third-order valence-corrected chi connectivity index (χ3v) is 5.46. The SMILES string of the molecule is Cc1cccc(NC(=S)NNC(=O)CSc2ccc3ccccc3c2)c1C. The van der Waals surface area contributed by atoms with Gasteiger partial charge in [-0.25, -0.2) is 0 Å². The van der Waals surface area contributed by atoms with Gasteiger partial charge in [-0.2, -0.15) is 0 Å². The summed E-state index contributed by atoms with van der Waals surface area (Å²) in [5.41, 5.74) is 8.61. The molecule has 0 radical (unpaired) electrons. The Kier molecular flexibility index (Phi) is 6.32. The highest BCUT2D eigenvalue weighted by Crippen LogP contribution is 2.23. The van der Waals surface area contributed by atoms with Crippen molar-refractivity contribution in [2.75, 3.05) is 11.1 Å². The molecule has 3 rings (SSSR count). The van der Waals surface area contributed by atoms with Gasteiger partial charge in [-0.1, -0.05) is 42.5 Å². The number of carbonyl (C=O) groups is 1. The zero-order chi connectivity index (χ0) is 19.2. The maximum atomic E-state index is 12.1. The van der Waals surface area contributed by atoms with Crippen molar-refractivity contribution < 1.29 is 4.79 Å². The minimum atomic E-state index is -0.140. The van der Waals surface area contributed by atoms with Crippen LogP contribution in [-0.4, -0.2) is 16.8 Å². The summed E-state index contributed by atoms with van der Waals surface area (Å²) in [5.74, 6) is 0.163. The standard InChI is InChI=1S/C21H21N3OS2/c1-14-6-5-9-19(15(14)2)22-21(26)24-23-20(25)13-27-18-11-10-16-7-3-4-8-17(16)12-18/h3-12H,13H2,1-2H3,(H,23,25)(H2,22,24,26). The van der Waals surface area contributed by atoms with Crippen LogP contribution in [-0.2, 0) is 4.79 Å².